The molecule has 0 radical (unpaired) electrons. The van der Waals surface area contributed by atoms with Crippen LogP contribution in [-0.2, 0) is 11.3 Å². The molecule has 0 aliphatic carbocycles. The van der Waals surface area contributed by atoms with Crippen LogP contribution in [0, 0.1) is 11.3 Å². The number of hydrogen-bond donors (Lipinski definition) is 2. The first-order chi connectivity index (χ1) is 10.1. The third kappa shape index (κ3) is 3.94. The molecule has 0 fully saturated rings. The molecule has 21 heavy (non-hydrogen) atoms. The molecule has 0 saturated carbocycles. The van der Waals surface area contributed by atoms with E-state index in [4.69, 9.17) is 9.68 Å². The highest BCUT2D eigenvalue weighted by atomic mass is 16.3. The molecular formula is C16H18N3O2+. The van der Waals surface area contributed by atoms with Crippen molar-refractivity contribution in [2.45, 2.75) is 19.5 Å². The van der Waals surface area contributed by atoms with Crippen LogP contribution >= 0.6 is 0 Å². The van der Waals surface area contributed by atoms with Crippen LogP contribution in [0.2, 0.25) is 0 Å². The second kappa shape index (κ2) is 6.73. The summed E-state index contributed by atoms with van der Waals surface area (Å²) in [6.07, 6.45) is 1.63. The van der Waals surface area contributed by atoms with E-state index in [9.17, 15) is 4.79 Å². The third-order valence-electron chi connectivity index (χ3n) is 3.42. The number of nitrogens with zero attached hydrogens (tertiary/aromatic N) is 1. The van der Waals surface area contributed by atoms with Crippen molar-refractivity contribution >= 4 is 11.6 Å². The van der Waals surface area contributed by atoms with E-state index >= 15 is 0 Å². The molecule has 5 heteroatoms. The highest BCUT2D eigenvalue weighted by molar-refractivity contribution is 5.93. The van der Waals surface area contributed by atoms with Gasteiger partial charge in [-0.1, -0.05) is 6.07 Å². The summed E-state index contributed by atoms with van der Waals surface area (Å²) < 4.78 is 5.29. The van der Waals surface area contributed by atoms with Gasteiger partial charge in [-0.2, -0.15) is 5.26 Å². The van der Waals surface area contributed by atoms with Gasteiger partial charge >= 0.3 is 0 Å². The molecule has 2 aromatic rings. The topological polar surface area (TPSA) is 70.5 Å². The van der Waals surface area contributed by atoms with E-state index in [0.717, 1.165) is 10.7 Å². The quantitative estimate of drug-likeness (QED) is 0.866. The molecule has 2 atom stereocenters. The van der Waals surface area contributed by atoms with Crippen molar-refractivity contribution in [3.05, 3.63) is 54.0 Å². The minimum Gasteiger partial charge on any atom is -0.463 e. The van der Waals surface area contributed by atoms with Gasteiger partial charge in [-0.25, -0.2) is 0 Å². The molecule has 0 spiro atoms. The summed E-state index contributed by atoms with van der Waals surface area (Å²) in [6.45, 7) is 2.50. The van der Waals surface area contributed by atoms with Crippen molar-refractivity contribution in [2.24, 2.45) is 0 Å². The summed E-state index contributed by atoms with van der Waals surface area (Å²) >= 11 is 0. The van der Waals surface area contributed by atoms with Gasteiger partial charge in [0.2, 0.25) is 0 Å². The van der Waals surface area contributed by atoms with Crippen LogP contribution in [0.3, 0.4) is 0 Å². The lowest BCUT2D eigenvalue weighted by molar-refractivity contribution is -0.908. The molecule has 1 amide bonds. The maximum Gasteiger partial charge on any atom is 0.282 e. The minimum absolute atomic E-state index is 0.0888. The number of quaternary nitrogens is 1. The van der Waals surface area contributed by atoms with Gasteiger partial charge in [-0.15, -0.1) is 0 Å². The number of furan rings is 1. The van der Waals surface area contributed by atoms with Crippen molar-refractivity contribution in [1.82, 2.24) is 0 Å². The maximum absolute atomic E-state index is 12.2. The molecule has 1 heterocycles. The zero-order valence-corrected chi connectivity index (χ0v) is 12.1. The number of anilines is 1. The van der Waals surface area contributed by atoms with Crippen molar-refractivity contribution in [3.8, 4) is 6.07 Å². The van der Waals surface area contributed by atoms with Crippen molar-refractivity contribution < 1.29 is 14.1 Å². The maximum atomic E-state index is 12.2. The summed E-state index contributed by atoms with van der Waals surface area (Å²) in [5.74, 6) is 0.757. The second-order valence-corrected chi connectivity index (χ2v) is 5.01. The zero-order chi connectivity index (χ0) is 15.2. The Hall–Kier alpha value is -2.58. The second-order valence-electron chi connectivity index (χ2n) is 5.01. The molecule has 108 valence electrons. The van der Waals surface area contributed by atoms with E-state index in [2.05, 4.69) is 11.4 Å². The zero-order valence-electron chi connectivity index (χ0n) is 12.1. The monoisotopic (exact) mass is 284 g/mol. The smallest absolute Gasteiger partial charge is 0.282 e. The van der Waals surface area contributed by atoms with Gasteiger partial charge in [0, 0.05) is 5.69 Å². The Labute approximate surface area is 123 Å². The number of carbonyl (C=O) groups is 1. The van der Waals surface area contributed by atoms with Gasteiger partial charge < -0.3 is 14.6 Å². The number of hydrogen-bond acceptors (Lipinski definition) is 3. The van der Waals surface area contributed by atoms with Crippen molar-refractivity contribution in [2.75, 3.05) is 12.4 Å². The third-order valence-corrected chi connectivity index (χ3v) is 3.42. The Morgan fingerprint density at radius 2 is 2.24 bits per heavy atom. The van der Waals surface area contributed by atoms with Gasteiger partial charge in [0.15, 0.2) is 11.8 Å². The fourth-order valence-corrected chi connectivity index (χ4v) is 1.98. The van der Waals surface area contributed by atoms with Crippen LogP contribution in [0.1, 0.15) is 18.2 Å². The lowest BCUT2D eigenvalue weighted by atomic mass is 10.2. The van der Waals surface area contributed by atoms with Crippen LogP contribution in [0.15, 0.2) is 47.1 Å². The van der Waals surface area contributed by atoms with E-state index in [1.807, 2.05) is 26.1 Å². The van der Waals surface area contributed by atoms with Gasteiger partial charge in [-0.05, 0) is 37.3 Å². The Bertz CT molecular complexity index is 644. The van der Waals surface area contributed by atoms with Gasteiger partial charge in [0.05, 0.1) is 24.9 Å². The lowest BCUT2D eigenvalue weighted by Gasteiger charge is -2.20. The average Bonchev–Trinajstić information content (AvgIpc) is 2.99. The molecule has 1 aromatic heterocycles. The number of nitriles is 1. The van der Waals surface area contributed by atoms with Crippen molar-refractivity contribution in [3.63, 3.8) is 0 Å². The average molecular weight is 284 g/mol. The fourth-order valence-electron chi connectivity index (χ4n) is 1.98. The number of rotatable bonds is 5. The highest BCUT2D eigenvalue weighted by Crippen LogP contribution is 2.09. The minimum atomic E-state index is -0.235. The first-order valence-corrected chi connectivity index (χ1v) is 6.76. The predicted octanol–water partition coefficient (Wildman–Crippen LogP) is 1.19. The standard InChI is InChI=1S/C16H17N3O2/c1-12(19(2)11-15-7-4-8-21-15)16(20)18-14-6-3-5-13(9-14)10-17/h3-9,12H,11H2,1-2H3,(H,18,20)/p+1/t12-/m0/s1. The molecule has 1 aromatic carbocycles. The molecule has 2 rings (SSSR count). The SMILES string of the molecule is C[C@@H](C(=O)Nc1cccc(C#N)c1)[NH+](C)Cc1ccco1. The van der Waals surface area contributed by atoms with Gasteiger partial charge in [0.1, 0.15) is 6.54 Å². The summed E-state index contributed by atoms with van der Waals surface area (Å²) in [6, 6.07) is 12.4. The Morgan fingerprint density at radius 3 is 2.90 bits per heavy atom. The predicted molar refractivity (Wildman–Crippen MR) is 78.5 cm³/mol. The molecule has 2 N–H and O–H groups in total. The first-order valence-electron chi connectivity index (χ1n) is 6.76. The van der Waals surface area contributed by atoms with Crippen LogP contribution in [0.4, 0.5) is 5.69 Å². The van der Waals surface area contributed by atoms with Crippen molar-refractivity contribution in [1.29, 1.82) is 5.26 Å². The molecular weight excluding hydrogens is 266 g/mol. The fraction of sp³-hybridized carbons (Fsp3) is 0.250. The Kier molecular flexibility index (Phi) is 4.75. The molecule has 0 bridgehead atoms. The van der Waals surface area contributed by atoms with E-state index in [1.54, 1.807) is 30.5 Å². The normalized spacial score (nSPS) is 13.2. The molecule has 5 nitrogen and oxygen atoms in total. The van der Waals surface area contributed by atoms with Gasteiger partial charge in [0.25, 0.3) is 5.91 Å². The van der Waals surface area contributed by atoms with Crippen LogP contribution in [-0.4, -0.2) is 19.0 Å². The number of nitrogens with one attached hydrogen (secondary N) is 2. The van der Waals surface area contributed by atoms with Gasteiger partial charge in [-0.3, -0.25) is 4.79 Å². The number of benzene rings is 1. The van der Waals surface area contributed by atoms with Crippen LogP contribution < -0.4 is 10.2 Å². The molecule has 0 saturated heterocycles. The van der Waals surface area contributed by atoms with E-state index in [1.165, 1.54) is 0 Å². The van der Waals surface area contributed by atoms with E-state index < -0.39 is 0 Å². The first kappa shape index (κ1) is 14.8. The summed E-state index contributed by atoms with van der Waals surface area (Å²) in [5.41, 5.74) is 1.16. The molecule has 0 aliphatic heterocycles. The number of amides is 1. The van der Waals surface area contributed by atoms with E-state index in [0.29, 0.717) is 17.8 Å². The highest BCUT2D eigenvalue weighted by Gasteiger charge is 2.22. The Balaban J connectivity index is 1.97. The summed E-state index contributed by atoms with van der Waals surface area (Å²) in [4.78, 5) is 13.3. The Morgan fingerprint density at radius 1 is 1.43 bits per heavy atom. The summed E-state index contributed by atoms with van der Waals surface area (Å²) in [5, 5.41) is 11.7. The van der Waals surface area contributed by atoms with E-state index in [-0.39, 0.29) is 11.9 Å². The summed E-state index contributed by atoms with van der Waals surface area (Å²) in [7, 11) is 1.94. The lowest BCUT2D eigenvalue weighted by Crippen LogP contribution is -3.12. The van der Waals surface area contributed by atoms with Crippen LogP contribution in [0.25, 0.3) is 0 Å². The van der Waals surface area contributed by atoms with Crippen LogP contribution in [0.5, 0.6) is 0 Å². The molecule has 0 aliphatic rings. The largest absolute Gasteiger partial charge is 0.463 e. The molecule has 1 unspecified atom stereocenters. The number of likely N-dealkylation sites (N-methyl/N-ethyl adjacent to an activating group) is 1. The number of carbonyl (C=O) groups excluding carboxylic acids is 1.